The topological polar surface area (TPSA) is 29.3 Å². The van der Waals surface area contributed by atoms with Crippen molar-refractivity contribution in [2.24, 2.45) is 11.7 Å². The number of piperidine rings is 3. The number of hydrogen-bond donors (Lipinski definition) is 1. The quantitative estimate of drug-likeness (QED) is 0.560. The zero-order valence-corrected chi connectivity index (χ0v) is 7.14. The summed E-state index contributed by atoms with van der Waals surface area (Å²) in [6, 6.07) is 0. The fourth-order valence-corrected chi connectivity index (χ4v) is 2.26. The maximum Gasteiger partial charge on any atom is 0.0215 e. The molecular formula is C9H16N2. The second-order valence-electron chi connectivity index (χ2n) is 3.76. The molecule has 0 aliphatic carbocycles. The fraction of sp³-hybridized carbons (Fsp3) is 0.778. The third kappa shape index (κ3) is 1.16. The van der Waals surface area contributed by atoms with Gasteiger partial charge in [-0.15, -0.1) is 0 Å². The first-order valence-electron chi connectivity index (χ1n) is 4.45. The molecule has 0 amide bonds. The van der Waals surface area contributed by atoms with E-state index in [9.17, 15) is 0 Å². The minimum atomic E-state index is 0.824. The molecule has 3 heterocycles. The molecule has 62 valence electrons. The van der Waals surface area contributed by atoms with Gasteiger partial charge >= 0.3 is 0 Å². The van der Waals surface area contributed by atoms with Crippen LogP contribution in [-0.4, -0.2) is 24.5 Å². The van der Waals surface area contributed by atoms with Gasteiger partial charge in [0.2, 0.25) is 0 Å². The molecule has 2 heteroatoms. The van der Waals surface area contributed by atoms with E-state index in [1.165, 1.54) is 31.5 Å². The first kappa shape index (κ1) is 7.17. The van der Waals surface area contributed by atoms with Crippen molar-refractivity contribution in [2.75, 3.05) is 19.6 Å². The smallest absolute Gasteiger partial charge is 0.0215 e. The van der Waals surface area contributed by atoms with Crippen LogP contribution in [0.2, 0.25) is 0 Å². The van der Waals surface area contributed by atoms with Gasteiger partial charge in [0.05, 0.1) is 0 Å². The standard InChI is InChI=1S/C9H16N2/c1-7(10)9-6-11-4-2-8(9)3-5-11/h8H,2-6,10H2,1H3/b9-7+. The van der Waals surface area contributed by atoms with Crippen LogP contribution in [0.15, 0.2) is 11.3 Å². The van der Waals surface area contributed by atoms with E-state index in [-0.39, 0.29) is 0 Å². The van der Waals surface area contributed by atoms with E-state index in [4.69, 9.17) is 5.73 Å². The molecule has 2 bridgehead atoms. The van der Waals surface area contributed by atoms with Crippen LogP contribution in [0.4, 0.5) is 0 Å². The van der Waals surface area contributed by atoms with Gasteiger partial charge in [-0.1, -0.05) is 0 Å². The summed E-state index contributed by atoms with van der Waals surface area (Å²) in [4.78, 5) is 2.51. The Kier molecular flexibility index (Phi) is 1.64. The zero-order valence-electron chi connectivity index (χ0n) is 7.14. The SMILES string of the molecule is C/C(N)=C1/CN2CCC1CC2. The van der Waals surface area contributed by atoms with E-state index < -0.39 is 0 Å². The summed E-state index contributed by atoms with van der Waals surface area (Å²) >= 11 is 0. The van der Waals surface area contributed by atoms with E-state index in [0.29, 0.717) is 0 Å². The minimum absolute atomic E-state index is 0.824. The van der Waals surface area contributed by atoms with Crippen LogP contribution in [0.5, 0.6) is 0 Å². The van der Waals surface area contributed by atoms with Gasteiger partial charge in [0.1, 0.15) is 0 Å². The lowest BCUT2D eigenvalue weighted by molar-refractivity contribution is 0.160. The number of allylic oxidation sites excluding steroid dienone is 1. The highest BCUT2D eigenvalue weighted by Crippen LogP contribution is 2.32. The van der Waals surface area contributed by atoms with Gasteiger partial charge in [0.15, 0.2) is 0 Å². The van der Waals surface area contributed by atoms with Crippen LogP contribution in [0.25, 0.3) is 0 Å². The van der Waals surface area contributed by atoms with Crippen LogP contribution in [0, 0.1) is 5.92 Å². The molecule has 0 radical (unpaired) electrons. The predicted molar refractivity (Wildman–Crippen MR) is 46.1 cm³/mol. The van der Waals surface area contributed by atoms with Crippen LogP contribution in [-0.2, 0) is 0 Å². The third-order valence-electron chi connectivity index (χ3n) is 2.98. The normalized spacial score (nSPS) is 40.8. The molecule has 0 spiro atoms. The average molecular weight is 152 g/mol. The summed E-state index contributed by atoms with van der Waals surface area (Å²) in [7, 11) is 0. The van der Waals surface area contributed by atoms with Gasteiger partial charge in [-0.3, -0.25) is 4.90 Å². The Hall–Kier alpha value is -0.500. The molecule has 0 aromatic carbocycles. The molecule has 0 aromatic heterocycles. The lowest BCUT2D eigenvalue weighted by atomic mass is 9.83. The van der Waals surface area contributed by atoms with Gasteiger partial charge in [-0.2, -0.15) is 0 Å². The molecule has 11 heavy (non-hydrogen) atoms. The van der Waals surface area contributed by atoms with E-state index >= 15 is 0 Å². The van der Waals surface area contributed by atoms with E-state index in [1.54, 1.807) is 0 Å². The Morgan fingerprint density at radius 1 is 1.45 bits per heavy atom. The number of nitrogens with zero attached hydrogens (tertiary/aromatic N) is 1. The summed E-state index contributed by atoms with van der Waals surface area (Å²) in [6.07, 6.45) is 2.67. The summed E-state index contributed by atoms with van der Waals surface area (Å²) in [5, 5.41) is 0. The van der Waals surface area contributed by atoms with Crippen LogP contribution in [0.3, 0.4) is 0 Å². The van der Waals surface area contributed by atoms with Gasteiger partial charge in [0.25, 0.3) is 0 Å². The number of fused-ring (bicyclic) bond motifs is 3. The van der Waals surface area contributed by atoms with Crippen molar-refractivity contribution < 1.29 is 0 Å². The summed E-state index contributed by atoms with van der Waals surface area (Å²) in [5.74, 6) is 0.824. The molecule has 3 aliphatic rings. The number of rotatable bonds is 0. The van der Waals surface area contributed by atoms with Crippen molar-refractivity contribution in [3.63, 3.8) is 0 Å². The Balaban J connectivity index is 2.21. The van der Waals surface area contributed by atoms with Gasteiger partial charge < -0.3 is 5.73 Å². The maximum absolute atomic E-state index is 5.81. The highest BCUT2D eigenvalue weighted by Gasteiger charge is 2.29. The van der Waals surface area contributed by atoms with Crippen molar-refractivity contribution in [3.05, 3.63) is 11.3 Å². The molecule has 2 N–H and O–H groups in total. The average Bonchev–Trinajstić information content (AvgIpc) is 2.06. The summed E-state index contributed by atoms with van der Waals surface area (Å²) in [5.41, 5.74) is 8.39. The molecule has 3 aliphatic heterocycles. The Morgan fingerprint density at radius 3 is 2.36 bits per heavy atom. The molecule has 3 rings (SSSR count). The van der Waals surface area contributed by atoms with Gasteiger partial charge in [-0.05, 0) is 44.3 Å². The lowest BCUT2D eigenvalue weighted by Crippen LogP contribution is -2.43. The summed E-state index contributed by atoms with van der Waals surface area (Å²) < 4.78 is 0. The molecule has 0 saturated carbocycles. The first-order valence-corrected chi connectivity index (χ1v) is 4.45. The van der Waals surface area contributed by atoms with Crippen molar-refractivity contribution in [2.45, 2.75) is 19.8 Å². The van der Waals surface area contributed by atoms with Crippen molar-refractivity contribution in [3.8, 4) is 0 Å². The lowest BCUT2D eigenvalue weighted by Gasteiger charge is -2.41. The van der Waals surface area contributed by atoms with Gasteiger partial charge in [-0.25, -0.2) is 0 Å². The van der Waals surface area contributed by atoms with Crippen molar-refractivity contribution in [1.29, 1.82) is 0 Å². The summed E-state index contributed by atoms with van der Waals surface area (Å²) in [6.45, 7) is 5.77. The second-order valence-corrected chi connectivity index (χ2v) is 3.76. The number of nitrogens with two attached hydrogens (primary N) is 1. The third-order valence-corrected chi connectivity index (χ3v) is 2.98. The minimum Gasteiger partial charge on any atom is -0.402 e. The number of hydrogen-bond acceptors (Lipinski definition) is 2. The van der Waals surface area contributed by atoms with Crippen LogP contribution in [0.1, 0.15) is 19.8 Å². The molecular weight excluding hydrogens is 136 g/mol. The largest absolute Gasteiger partial charge is 0.402 e. The predicted octanol–water partition coefficient (Wildman–Crippen LogP) is 0.945. The highest BCUT2D eigenvalue weighted by atomic mass is 15.1. The fourth-order valence-electron chi connectivity index (χ4n) is 2.26. The maximum atomic E-state index is 5.81. The van der Waals surface area contributed by atoms with Crippen LogP contribution >= 0.6 is 0 Å². The van der Waals surface area contributed by atoms with E-state index in [1.807, 2.05) is 6.92 Å². The molecule has 0 atom stereocenters. The van der Waals surface area contributed by atoms with E-state index in [2.05, 4.69) is 4.90 Å². The zero-order chi connectivity index (χ0) is 7.84. The Morgan fingerprint density at radius 2 is 2.09 bits per heavy atom. The molecule has 3 saturated heterocycles. The van der Waals surface area contributed by atoms with Crippen molar-refractivity contribution >= 4 is 0 Å². The van der Waals surface area contributed by atoms with Crippen LogP contribution < -0.4 is 5.73 Å². The first-order chi connectivity index (χ1) is 5.27. The molecule has 0 unspecified atom stereocenters. The Labute approximate surface area is 68.1 Å². The molecule has 3 fully saturated rings. The molecule has 2 nitrogen and oxygen atoms in total. The molecule has 0 aromatic rings. The Bertz CT molecular complexity index is 184. The monoisotopic (exact) mass is 152 g/mol. The second kappa shape index (κ2) is 2.52. The van der Waals surface area contributed by atoms with E-state index in [0.717, 1.165) is 18.2 Å². The van der Waals surface area contributed by atoms with Gasteiger partial charge in [0, 0.05) is 12.2 Å². The highest BCUT2D eigenvalue weighted by molar-refractivity contribution is 5.19. The van der Waals surface area contributed by atoms with Crippen molar-refractivity contribution in [1.82, 2.24) is 4.90 Å².